The molecule has 0 radical (unpaired) electrons. The highest BCUT2D eigenvalue weighted by atomic mass is 32.2. The first kappa shape index (κ1) is 22.5. The second kappa shape index (κ2) is 8.71. The average molecular weight is 423 g/mol. The van der Waals surface area contributed by atoms with Gasteiger partial charge in [0.05, 0.1) is 31.8 Å². The molecular formula is C20H26N2O6S. The molecule has 0 fully saturated rings. The van der Waals surface area contributed by atoms with Crippen molar-refractivity contribution in [2.75, 3.05) is 26.6 Å². The predicted octanol–water partition coefficient (Wildman–Crippen LogP) is 3.04. The molecule has 0 bridgehead atoms. The molecule has 1 amide bonds. The van der Waals surface area contributed by atoms with Crippen LogP contribution in [0.25, 0.3) is 0 Å². The quantitative estimate of drug-likeness (QED) is 0.711. The minimum Gasteiger partial charge on any atom is -0.493 e. The van der Waals surface area contributed by atoms with Crippen LogP contribution in [0.15, 0.2) is 41.3 Å². The molecule has 0 saturated heterocycles. The van der Waals surface area contributed by atoms with Crippen LogP contribution in [0.3, 0.4) is 0 Å². The summed E-state index contributed by atoms with van der Waals surface area (Å²) < 4.78 is 43.5. The van der Waals surface area contributed by atoms with Crippen LogP contribution in [0.1, 0.15) is 31.1 Å². The van der Waals surface area contributed by atoms with Crippen LogP contribution >= 0.6 is 0 Å². The van der Waals surface area contributed by atoms with Gasteiger partial charge in [0, 0.05) is 11.2 Å². The van der Waals surface area contributed by atoms with E-state index in [9.17, 15) is 13.2 Å². The zero-order chi connectivity index (χ0) is 21.8. The van der Waals surface area contributed by atoms with Gasteiger partial charge in [-0.1, -0.05) is 6.07 Å². The Bertz CT molecular complexity index is 997. The first-order valence-electron chi connectivity index (χ1n) is 8.76. The van der Waals surface area contributed by atoms with Gasteiger partial charge >= 0.3 is 0 Å². The Morgan fingerprint density at radius 2 is 1.59 bits per heavy atom. The van der Waals surface area contributed by atoms with E-state index in [4.69, 9.17) is 14.2 Å². The van der Waals surface area contributed by atoms with Crippen molar-refractivity contribution < 1.29 is 27.4 Å². The number of hydrogen-bond acceptors (Lipinski definition) is 6. The Balaban J connectivity index is 2.35. The lowest BCUT2D eigenvalue weighted by Crippen LogP contribution is -2.40. The number of hydrogen-bond donors (Lipinski definition) is 2. The highest BCUT2D eigenvalue weighted by Crippen LogP contribution is 2.40. The van der Waals surface area contributed by atoms with E-state index >= 15 is 0 Å². The van der Waals surface area contributed by atoms with E-state index < -0.39 is 21.5 Å². The van der Waals surface area contributed by atoms with Gasteiger partial charge in [-0.3, -0.25) is 4.79 Å². The summed E-state index contributed by atoms with van der Waals surface area (Å²) in [4.78, 5) is 12.8. The molecule has 0 aliphatic heterocycles. The molecule has 9 heteroatoms. The van der Waals surface area contributed by atoms with Crippen LogP contribution in [0.5, 0.6) is 17.2 Å². The minimum atomic E-state index is -3.74. The number of sulfonamides is 1. The minimum absolute atomic E-state index is 0.0458. The number of amides is 1. The van der Waals surface area contributed by atoms with Gasteiger partial charge in [-0.15, -0.1) is 0 Å². The van der Waals surface area contributed by atoms with Crippen molar-refractivity contribution in [2.45, 2.75) is 31.2 Å². The Hall–Kier alpha value is -2.78. The van der Waals surface area contributed by atoms with Crippen molar-refractivity contribution in [1.82, 2.24) is 4.72 Å². The number of nitrogens with one attached hydrogen (secondary N) is 2. The monoisotopic (exact) mass is 422 g/mol. The second-order valence-electron chi connectivity index (χ2n) is 7.22. The third-order valence-electron chi connectivity index (χ3n) is 3.79. The molecule has 8 nitrogen and oxygen atoms in total. The Morgan fingerprint density at radius 3 is 2.14 bits per heavy atom. The van der Waals surface area contributed by atoms with Gasteiger partial charge in [0.15, 0.2) is 11.5 Å². The van der Waals surface area contributed by atoms with Crippen molar-refractivity contribution in [2.24, 2.45) is 0 Å². The van der Waals surface area contributed by atoms with Crippen molar-refractivity contribution in [1.29, 1.82) is 0 Å². The summed E-state index contributed by atoms with van der Waals surface area (Å²) in [6.07, 6.45) is 0. The highest BCUT2D eigenvalue weighted by molar-refractivity contribution is 7.89. The standard InChI is InChI=1S/C20H26N2O6S/c1-20(2,3)22-29(24,25)14-9-7-8-13(12-14)21-19(23)15-10-11-16(26-4)18(28-6)17(15)27-5/h7-12,22H,1-6H3,(H,21,23). The SMILES string of the molecule is COc1ccc(C(=O)Nc2cccc(S(=O)(=O)NC(C)(C)C)c2)c(OC)c1OC. The maximum atomic E-state index is 12.8. The van der Waals surface area contributed by atoms with Gasteiger partial charge in [-0.25, -0.2) is 13.1 Å². The molecule has 0 aromatic heterocycles. The van der Waals surface area contributed by atoms with E-state index in [2.05, 4.69) is 10.0 Å². The fraction of sp³-hybridized carbons (Fsp3) is 0.350. The number of anilines is 1. The number of methoxy groups -OCH3 is 3. The lowest BCUT2D eigenvalue weighted by atomic mass is 10.1. The molecule has 0 heterocycles. The fourth-order valence-electron chi connectivity index (χ4n) is 2.68. The summed E-state index contributed by atoms with van der Waals surface area (Å²) in [5, 5.41) is 2.69. The zero-order valence-electron chi connectivity index (χ0n) is 17.3. The molecule has 0 unspecified atom stereocenters. The largest absolute Gasteiger partial charge is 0.493 e. The molecule has 2 aromatic carbocycles. The summed E-state index contributed by atoms with van der Waals surface area (Å²) in [5.41, 5.74) is -0.0969. The number of rotatable bonds is 7. The van der Waals surface area contributed by atoms with E-state index in [1.807, 2.05) is 0 Å². The van der Waals surface area contributed by atoms with Gasteiger partial charge in [-0.05, 0) is 51.1 Å². The Kier molecular flexibility index (Phi) is 6.76. The van der Waals surface area contributed by atoms with Crippen LogP contribution in [-0.2, 0) is 10.0 Å². The molecular weight excluding hydrogens is 396 g/mol. The van der Waals surface area contributed by atoms with Gasteiger partial charge in [0.2, 0.25) is 15.8 Å². The number of carbonyl (C=O) groups excluding carboxylic acids is 1. The van der Waals surface area contributed by atoms with Crippen LogP contribution < -0.4 is 24.2 Å². The van der Waals surface area contributed by atoms with Gasteiger partial charge in [0.25, 0.3) is 5.91 Å². The summed E-state index contributed by atoms with van der Waals surface area (Å²) in [6.45, 7) is 5.25. The van der Waals surface area contributed by atoms with Gasteiger partial charge in [-0.2, -0.15) is 0 Å². The van der Waals surface area contributed by atoms with E-state index in [1.54, 1.807) is 39.0 Å². The smallest absolute Gasteiger partial charge is 0.259 e. The van der Waals surface area contributed by atoms with Crippen LogP contribution in [-0.4, -0.2) is 41.2 Å². The van der Waals surface area contributed by atoms with Gasteiger partial charge < -0.3 is 19.5 Å². The summed E-state index contributed by atoms with van der Waals surface area (Å²) in [7, 11) is 0.604. The third-order valence-corrected chi connectivity index (χ3v) is 5.55. The molecule has 0 atom stereocenters. The molecule has 0 spiro atoms. The number of carbonyl (C=O) groups is 1. The van der Waals surface area contributed by atoms with Crippen molar-refractivity contribution in [3.8, 4) is 17.2 Å². The van der Waals surface area contributed by atoms with E-state index in [0.717, 1.165) is 0 Å². The number of ether oxygens (including phenoxy) is 3. The van der Waals surface area contributed by atoms with Crippen molar-refractivity contribution in [3.05, 3.63) is 42.0 Å². The average Bonchev–Trinajstić information content (AvgIpc) is 2.64. The molecule has 0 saturated carbocycles. The van der Waals surface area contributed by atoms with E-state index in [0.29, 0.717) is 11.4 Å². The molecule has 29 heavy (non-hydrogen) atoms. The van der Waals surface area contributed by atoms with E-state index in [1.165, 1.54) is 39.5 Å². The normalized spacial score (nSPS) is 11.7. The lowest BCUT2D eigenvalue weighted by Gasteiger charge is -2.20. The Morgan fingerprint density at radius 1 is 0.931 bits per heavy atom. The summed E-state index contributed by atoms with van der Waals surface area (Å²) in [6, 6.07) is 9.13. The molecule has 2 rings (SSSR count). The Labute approximate surface area is 171 Å². The highest BCUT2D eigenvalue weighted by Gasteiger charge is 2.23. The maximum Gasteiger partial charge on any atom is 0.259 e. The molecule has 2 aromatic rings. The molecule has 0 aliphatic carbocycles. The summed E-state index contributed by atoms with van der Waals surface area (Å²) in [5.74, 6) is 0.430. The maximum absolute atomic E-state index is 12.8. The predicted molar refractivity (Wildman–Crippen MR) is 111 cm³/mol. The topological polar surface area (TPSA) is 103 Å². The van der Waals surface area contributed by atoms with E-state index in [-0.39, 0.29) is 22.0 Å². The molecule has 0 aliphatic rings. The van der Waals surface area contributed by atoms with Crippen molar-refractivity contribution >= 4 is 21.6 Å². The fourth-order valence-corrected chi connectivity index (χ4v) is 4.15. The zero-order valence-corrected chi connectivity index (χ0v) is 18.1. The van der Waals surface area contributed by atoms with Crippen LogP contribution in [0.2, 0.25) is 0 Å². The first-order chi connectivity index (χ1) is 13.5. The van der Waals surface area contributed by atoms with Crippen LogP contribution in [0.4, 0.5) is 5.69 Å². The van der Waals surface area contributed by atoms with Crippen molar-refractivity contribution in [3.63, 3.8) is 0 Å². The lowest BCUT2D eigenvalue weighted by molar-refractivity contribution is 0.102. The van der Waals surface area contributed by atoms with Gasteiger partial charge in [0.1, 0.15) is 0 Å². The summed E-state index contributed by atoms with van der Waals surface area (Å²) >= 11 is 0. The molecule has 2 N–H and O–H groups in total. The first-order valence-corrected chi connectivity index (χ1v) is 10.2. The third kappa shape index (κ3) is 5.39. The molecule has 158 valence electrons. The second-order valence-corrected chi connectivity index (χ2v) is 8.90. The number of benzene rings is 2. The van der Waals surface area contributed by atoms with Crippen LogP contribution in [0, 0.1) is 0 Å².